The number of hydrogen-bond acceptors (Lipinski definition) is 4. The molecule has 0 atom stereocenters. The number of aromatic nitrogens is 2. The average molecular weight is 427 g/mol. The first-order valence-electron chi connectivity index (χ1n) is 9.84. The Morgan fingerprint density at radius 1 is 1.23 bits per heavy atom. The molecule has 1 aromatic heterocycles. The van der Waals surface area contributed by atoms with Gasteiger partial charge in [-0.15, -0.1) is 0 Å². The van der Waals surface area contributed by atoms with Crippen LogP contribution in [0.3, 0.4) is 0 Å². The predicted molar refractivity (Wildman–Crippen MR) is 118 cm³/mol. The van der Waals surface area contributed by atoms with Gasteiger partial charge in [-0.25, -0.2) is 9.78 Å². The molecule has 0 bridgehead atoms. The molecule has 2 aromatic carbocycles. The molecular weight excluding hydrogens is 404 g/mol. The molecule has 0 spiro atoms. The van der Waals surface area contributed by atoms with Crippen molar-refractivity contribution in [2.24, 2.45) is 0 Å². The number of amides is 2. The molecule has 1 aliphatic heterocycles. The minimum atomic E-state index is -0.214. The third kappa shape index (κ3) is 3.85. The maximum Gasteiger partial charge on any atom is 0.321 e. The number of likely N-dealkylation sites (tertiary alicyclic amines) is 1. The van der Waals surface area contributed by atoms with Crippen LogP contribution in [0.15, 0.2) is 47.5 Å². The number of methoxy groups -OCH3 is 1. The van der Waals surface area contributed by atoms with Crippen LogP contribution in [-0.2, 0) is 0 Å². The van der Waals surface area contributed by atoms with Crippen LogP contribution in [0.4, 0.5) is 10.5 Å². The van der Waals surface area contributed by atoms with Gasteiger partial charge in [0.2, 0.25) is 0 Å². The van der Waals surface area contributed by atoms with Gasteiger partial charge < -0.3 is 15.0 Å². The Kier molecular flexibility index (Phi) is 5.63. The van der Waals surface area contributed by atoms with Crippen LogP contribution in [0.2, 0.25) is 5.02 Å². The van der Waals surface area contributed by atoms with Gasteiger partial charge in [0.1, 0.15) is 5.75 Å². The third-order valence-electron chi connectivity index (χ3n) is 5.56. The van der Waals surface area contributed by atoms with Crippen molar-refractivity contribution in [3.05, 3.63) is 63.7 Å². The molecule has 2 amide bonds. The number of nitrogens with zero attached hydrogens (tertiary/aromatic N) is 3. The number of rotatable bonds is 3. The molecule has 156 valence electrons. The normalized spacial score (nSPS) is 14.7. The fourth-order valence-electron chi connectivity index (χ4n) is 3.89. The number of para-hydroxylation sites is 1. The molecule has 4 rings (SSSR count). The quantitative estimate of drug-likeness (QED) is 0.679. The first-order valence-corrected chi connectivity index (χ1v) is 10.2. The molecule has 0 unspecified atom stereocenters. The van der Waals surface area contributed by atoms with E-state index in [9.17, 15) is 9.59 Å². The molecule has 7 nitrogen and oxygen atoms in total. The standard InChI is InChI=1S/C22H23ClN4O3/c1-14-4-3-5-17-20(14)24-13-27(21(17)28)16-8-10-26(11-9-16)22(29)25-18-12-15(23)6-7-19(18)30-2/h3-7,12-13,16H,8-11H2,1-2H3,(H,25,29). The number of anilines is 1. The van der Waals surface area contributed by atoms with E-state index in [2.05, 4.69) is 10.3 Å². The van der Waals surface area contributed by atoms with Crippen molar-refractivity contribution in [2.45, 2.75) is 25.8 Å². The van der Waals surface area contributed by atoms with Gasteiger partial charge in [-0.05, 0) is 49.6 Å². The number of hydrogen-bond donors (Lipinski definition) is 1. The van der Waals surface area contributed by atoms with Gasteiger partial charge >= 0.3 is 6.03 Å². The van der Waals surface area contributed by atoms with Crippen molar-refractivity contribution in [3.63, 3.8) is 0 Å². The van der Waals surface area contributed by atoms with Crippen LogP contribution in [0.25, 0.3) is 10.9 Å². The van der Waals surface area contributed by atoms with E-state index in [0.29, 0.717) is 47.8 Å². The number of carbonyl (C=O) groups excluding carboxylic acids is 1. The molecule has 0 radical (unpaired) electrons. The second-order valence-electron chi connectivity index (χ2n) is 7.42. The van der Waals surface area contributed by atoms with Crippen molar-refractivity contribution in [1.82, 2.24) is 14.5 Å². The molecule has 1 saturated heterocycles. The summed E-state index contributed by atoms with van der Waals surface area (Å²) in [6, 6.07) is 10.5. The average Bonchev–Trinajstić information content (AvgIpc) is 2.75. The second kappa shape index (κ2) is 8.36. The Bertz CT molecular complexity index is 1150. The summed E-state index contributed by atoms with van der Waals surface area (Å²) in [6.07, 6.45) is 2.99. The summed E-state index contributed by atoms with van der Waals surface area (Å²) in [6.45, 7) is 3.03. The van der Waals surface area contributed by atoms with E-state index in [1.165, 1.54) is 0 Å². The number of benzene rings is 2. The van der Waals surface area contributed by atoms with Crippen LogP contribution in [-0.4, -0.2) is 40.7 Å². The van der Waals surface area contributed by atoms with Crippen molar-refractivity contribution < 1.29 is 9.53 Å². The SMILES string of the molecule is COc1ccc(Cl)cc1NC(=O)N1CCC(n2cnc3c(C)cccc3c2=O)CC1. The van der Waals surface area contributed by atoms with Crippen LogP contribution >= 0.6 is 11.6 Å². The number of piperidine rings is 1. The highest BCUT2D eigenvalue weighted by Crippen LogP contribution is 2.29. The summed E-state index contributed by atoms with van der Waals surface area (Å²) in [5, 5.41) is 4.01. The zero-order valence-corrected chi connectivity index (χ0v) is 17.6. The summed E-state index contributed by atoms with van der Waals surface area (Å²) in [5.41, 5.74) is 2.23. The van der Waals surface area contributed by atoms with E-state index in [1.807, 2.05) is 25.1 Å². The molecular formula is C22H23ClN4O3. The predicted octanol–water partition coefficient (Wildman–Crippen LogP) is 4.24. The highest BCUT2D eigenvalue weighted by Gasteiger charge is 2.25. The van der Waals surface area contributed by atoms with Crippen molar-refractivity contribution in [2.75, 3.05) is 25.5 Å². The Labute approximate surface area is 179 Å². The lowest BCUT2D eigenvalue weighted by Crippen LogP contribution is -2.42. The maximum absolute atomic E-state index is 12.9. The minimum Gasteiger partial charge on any atom is -0.495 e. The highest BCUT2D eigenvalue weighted by molar-refractivity contribution is 6.31. The topological polar surface area (TPSA) is 76.5 Å². The first-order chi connectivity index (χ1) is 14.5. The number of urea groups is 1. The molecule has 30 heavy (non-hydrogen) atoms. The Morgan fingerprint density at radius 2 is 2.00 bits per heavy atom. The largest absolute Gasteiger partial charge is 0.495 e. The molecule has 1 fully saturated rings. The van der Waals surface area contributed by atoms with Gasteiger partial charge in [0.25, 0.3) is 5.56 Å². The highest BCUT2D eigenvalue weighted by atomic mass is 35.5. The Balaban J connectivity index is 1.46. The number of fused-ring (bicyclic) bond motifs is 1. The number of halogens is 1. The van der Waals surface area contributed by atoms with E-state index >= 15 is 0 Å². The summed E-state index contributed by atoms with van der Waals surface area (Å²) in [5.74, 6) is 0.548. The molecule has 3 aromatic rings. The summed E-state index contributed by atoms with van der Waals surface area (Å²) >= 11 is 6.04. The number of aryl methyl sites for hydroxylation is 1. The van der Waals surface area contributed by atoms with Gasteiger partial charge in [0, 0.05) is 24.2 Å². The molecule has 1 aliphatic rings. The number of nitrogens with one attached hydrogen (secondary N) is 1. The fraction of sp³-hybridized carbons (Fsp3) is 0.318. The maximum atomic E-state index is 12.9. The third-order valence-corrected chi connectivity index (χ3v) is 5.80. The van der Waals surface area contributed by atoms with Gasteiger partial charge in [-0.3, -0.25) is 9.36 Å². The Morgan fingerprint density at radius 3 is 2.73 bits per heavy atom. The van der Waals surface area contributed by atoms with Crippen molar-refractivity contribution >= 4 is 34.2 Å². The lowest BCUT2D eigenvalue weighted by Gasteiger charge is -2.33. The van der Waals surface area contributed by atoms with Crippen molar-refractivity contribution in [3.8, 4) is 5.75 Å². The van der Waals surface area contributed by atoms with Crippen LogP contribution in [0.5, 0.6) is 5.75 Å². The molecule has 1 N–H and O–H groups in total. The van der Waals surface area contributed by atoms with Crippen LogP contribution in [0, 0.1) is 6.92 Å². The molecule has 0 saturated carbocycles. The smallest absolute Gasteiger partial charge is 0.321 e. The summed E-state index contributed by atoms with van der Waals surface area (Å²) in [4.78, 5) is 31.9. The first kappa shape index (κ1) is 20.2. The van der Waals surface area contributed by atoms with Gasteiger partial charge in [0.15, 0.2) is 0 Å². The number of ether oxygens (including phenoxy) is 1. The van der Waals surface area contributed by atoms with E-state index in [0.717, 1.165) is 11.1 Å². The van der Waals surface area contributed by atoms with Crippen LogP contribution < -0.4 is 15.6 Å². The van der Waals surface area contributed by atoms with Gasteiger partial charge in [-0.1, -0.05) is 23.7 Å². The summed E-state index contributed by atoms with van der Waals surface area (Å²) < 4.78 is 6.99. The van der Waals surface area contributed by atoms with Crippen LogP contribution in [0.1, 0.15) is 24.4 Å². The monoisotopic (exact) mass is 426 g/mol. The van der Waals surface area contributed by atoms with Gasteiger partial charge in [-0.2, -0.15) is 0 Å². The lowest BCUT2D eigenvalue weighted by atomic mass is 10.0. The molecule has 0 aliphatic carbocycles. The minimum absolute atomic E-state index is 0.0136. The van der Waals surface area contributed by atoms with Crippen molar-refractivity contribution in [1.29, 1.82) is 0 Å². The molecule has 2 heterocycles. The van der Waals surface area contributed by atoms with E-state index in [1.54, 1.807) is 41.1 Å². The van der Waals surface area contributed by atoms with E-state index in [-0.39, 0.29) is 17.6 Å². The lowest BCUT2D eigenvalue weighted by molar-refractivity contribution is 0.182. The van der Waals surface area contributed by atoms with E-state index in [4.69, 9.17) is 16.3 Å². The van der Waals surface area contributed by atoms with Gasteiger partial charge in [0.05, 0.1) is 30.0 Å². The fourth-order valence-corrected chi connectivity index (χ4v) is 4.07. The zero-order valence-electron chi connectivity index (χ0n) is 16.9. The van der Waals surface area contributed by atoms with E-state index < -0.39 is 0 Å². The zero-order chi connectivity index (χ0) is 21.3. The Hall–Kier alpha value is -3.06. The second-order valence-corrected chi connectivity index (χ2v) is 7.86. The molecule has 8 heteroatoms. The summed E-state index contributed by atoms with van der Waals surface area (Å²) in [7, 11) is 1.54. The number of carbonyl (C=O) groups is 1.